The largest absolute Gasteiger partial charge is 0.491 e. The molecule has 1 aliphatic heterocycles. The van der Waals surface area contributed by atoms with Gasteiger partial charge in [0.05, 0.1) is 6.10 Å². The van der Waals surface area contributed by atoms with E-state index in [2.05, 4.69) is 17.4 Å². The highest BCUT2D eigenvalue weighted by Gasteiger charge is 2.12. The van der Waals surface area contributed by atoms with E-state index in [0.29, 0.717) is 6.54 Å². The first-order chi connectivity index (χ1) is 9.65. The van der Waals surface area contributed by atoms with Crippen LogP contribution in [0.2, 0.25) is 0 Å². The second kappa shape index (κ2) is 7.39. The van der Waals surface area contributed by atoms with Crippen molar-refractivity contribution in [1.82, 2.24) is 5.32 Å². The third-order valence-electron chi connectivity index (χ3n) is 2.99. The first-order valence-corrected chi connectivity index (χ1v) is 8.11. The number of carbonyl (C=O) groups is 1. The molecule has 0 saturated carbocycles. The van der Waals surface area contributed by atoms with E-state index in [1.807, 2.05) is 32.1 Å². The highest BCUT2D eigenvalue weighted by Crippen LogP contribution is 2.17. The highest BCUT2D eigenvalue weighted by molar-refractivity contribution is 7.99. The molecule has 3 nitrogen and oxygen atoms in total. The maximum atomic E-state index is 11.8. The van der Waals surface area contributed by atoms with Crippen molar-refractivity contribution in [3.05, 3.63) is 41.5 Å². The molecule has 2 rings (SSSR count). The van der Waals surface area contributed by atoms with Crippen molar-refractivity contribution in [3.8, 4) is 5.75 Å². The Bertz CT molecular complexity index is 480. The summed E-state index contributed by atoms with van der Waals surface area (Å²) in [4.78, 5) is 11.8. The molecular weight excluding hydrogens is 270 g/mol. The van der Waals surface area contributed by atoms with Crippen molar-refractivity contribution in [3.63, 3.8) is 0 Å². The number of carbonyl (C=O) groups excluding carboxylic acids is 1. The fraction of sp³-hybridized carbons (Fsp3) is 0.438. The summed E-state index contributed by atoms with van der Waals surface area (Å²) in [6.07, 6.45) is 3.05. The summed E-state index contributed by atoms with van der Waals surface area (Å²) in [5.74, 6) is 2.77. The van der Waals surface area contributed by atoms with Crippen molar-refractivity contribution < 1.29 is 9.53 Å². The van der Waals surface area contributed by atoms with Crippen molar-refractivity contribution in [2.45, 2.75) is 26.4 Å². The SMILES string of the molecule is CC(C)Oc1ccc(CCNC(=O)C2=CCSC2)cc1. The number of amides is 1. The molecule has 0 spiro atoms. The summed E-state index contributed by atoms with van der Waals surface area (Å²) in [5, 5.41) is 2.97. The summed E-state index contributed by atoms with van der Waals surface area (Å²) in [6.45, 7) is 4.70. The normalized spacial score (nSPS) is 14.2. The van der Waals surface area contributed by atoms with E-state index in [-0.39, 0.29) is 12.0 Å². The number of benzene rings is 1. The van der Waals surface area contributed by atoms with Crippen LogP contribution in [-0.2, 0) is 11.2 Å². The molecule has 0 fully saturated rings. The molecule has 1 N–H and O–H groups in total. The van der Waals surface area contributed by atoms with Crippen molar-refractivity contribution in [2.75, 3.05) is 18.1 Å². The second-order valence-corrected chi connectivity index (χ2v) is 6.09. The average Bonchev–Trinajstić information content (AvgIpc) is 2.94. The third kappa shape index (κ3) is 4.60. The van der Waals surface area contributed by atoms with Crippen LogP contribution in [0.3, 0.4) is 0 Å². The van der Waals surface area contributed by atoms with E-state index in [9.17, 15) is 4.79 Å². The zero-order valence-corrected chi connectivity index (χ0v) is 12.8. The number of ether oxygens (including phenoxy) is 1. The summed E-state index contributed by atoms with van der Waals surface area (Å²) in [5.41, 5.74) is 2.12. The van der Waals surface area contributed by atoms with Gasteiger partial charge in [-0.05, 0) is 38.0 Å². The lowest BCUT2D eigenvalue weighted by Crippen LogP contribution is -2.27. The van der Waals surface area contributed by atoms with E-state index < -0.39 is 0 Å². The van der Waals surface area contributed by atoms with Crippen molar-refractivity contribution in [2.24, 2.45) is 0 Å². The molecule has 1 heterocycles. The smallest absolute Gasteiger partial charge is 0.247 e. The lowest BCUT2D eigenvalue weighted by atomic mass is 10.1. The molecule has 4 heteroatoms. The molecule has 0 unspecified atom stereocenters. The van der Waals surface area contributed by atoms with Gasteiger partial charge in [-0.15, -0.1) is 0 Å². The molecule has 0 atom stereocenters. The summed E-state index contributed by atoms with van der Waals surface area (Å²) in [7, 11) is 0. The van der Waals surface area contributed by atoms with Gasteiger partial charge in [-0.2, -0.15) is 11.8 Å². The van der Waals surface area contributed by atoms with Crippen LogP contribution in [-0.4, -0.2) is 30.1 Å². The van der Waals surface area contributed by atoms with Gasteiger partial charge in [0.2, 0.25) is 5.91 Å². The van der Waals surface area contributed by atoms with Gasteiger partial charge in [-0.1, -0.05) is 18.2 Å². The Morgan fingerprint density at radius 1 is 1.35 bits per heavy atom. The van der Waals surface area contributed by atoms with Crippen LogP contribution in [0, 0.1) is 0 Å². The topological polar surface area (TPSA) is 38.3 Å². The Hall–Kier alpha value is -1.42. The summed E-state index contributed by atoms with van der Waals surface area (Å²) in [6, 6.07) is 8.06. The lowest BCUT2D eigenvalue weighted by molar-refractivity contribution is -0.117. The van der Waals surface area contributed by atoms with Crippen LogP contribution in [0.1, 0.15) is 19.4 Å². The number of hydrogen-bond donors (Lipinski definition) is 1. The van der Waals surface area contributed by atoms with Crippen LogP contribution in [0.25, 0.3) is 0 Å². The first-order valence-electron chi connectivity index (χ1n) is 6.95. The standard InChI is InChI=1S/C16H21NO2S/c1-12(2)19-15-5-3-13(4-6-15)7-9-17-16(18)14-8-10-20-11-14/h3-6,8,12H,7,9-11H2,1-2H3,(H,17,18). The Labute approximate surface area is 124 Å². The second-order valence-electron chi connectivity index (χ2n) is 5.06. The van der Waals surface area contributed by atoms with Gasteiger partial charge in [0.25, 0.3) is 0 Å². The van der Waals surface area contributed by atoms with E-state index >= 15 is 0 Å². The molecule has 0 radical (unpaired) electrons. The third-order valence-corrected chi connectivity index (χ3v) is 3.91. The van der Waals surface area contributed by atoms with Gasteiger partial charge in [-0.3, -0.25) is 4.79 Å². The minimum atomic E-state index is 0.0785. The number of rotatable bonds is 6. The number of thioether (sulfide) groups is 1. The molecule has 0 bridgehead atoms. The van der Waals surface area contributed by atoms with E-state index in [1.165, 1.54) is 5.56 Å². The Kier molecular flexibility index (Phi) is 5.53. The summed E-state index contributed by atoms with van der Waals surface area (Å²) < 4.78 is 5.60. The Balaban J connectivity index is 1.75. The monoisotopic (exact) mass is 291 g/mol. The molecule has 1 aromatic carbocycles. The van der Waals surface area contributed by atoms with Crippen LogP contribution in [0.5, 0.6) is 5.75 Å². The minimum absolute atomic E-state index is 0.0785. The highest BCUT2D eigenvalue weighted by atomic mass is 32.2. The van der Waals surface area contributed by atoms with Gasteiger partial charge < -0.3 is 10.1 Å². The van der Waals surface area contributed by atoms with Crippen LogP contribution < -0.4 is 10.1 Å². The molecule has 1 aliphatic rings. The summed E-state index contributed by atoms with van der Waals surface area (Å²) >= 11 is 1.78. The predicted octanol–water partition coefficient (Wildman–Crippen LogP) is 2.81. The molecule has 0 aromatic heterocycles. The van der Waals surface area contributed by atoms with Gasteiger partial charge in [0.15, 0.2) is 0 Å². The number of hydrogen-bond acceptors (Lipinski definition) is 3. The van der Waals surface area contributed by atoms with E-state index in [1.54, 1.807) is 11.8 Å². The van der Waals surface area contributed by atoms with Crippen LogP contribution >= 0.6 is 11.8 Å². The molecular formula is C16H21NO2S. The fourth-order valence-electron chi connectivity index (χ4n) is 1.99. The van der Waals surface area contributed by atoms with Crippen molar-refractivity contribution >= 4 is 17.7 Å². The molecule has 1 amide bonds. The predicted molar refractivity (Wildman–Crippen MR) is 84.3 cm³/mol. The molecule has 1 aromatic rings. The zero-order chi connectivity index (χ0) is 14.4. The van der Waals surface area contributed by atoms with Crippen molar-refractivity contribution in [1.29, 1.82) is 0 Å². The van der Waals surface area contributed by atoms with Gasteiger partial charge in [0.1, 0.15) is 5.75 Å². The maximum Gasteiger partial charge on any atom is 0.247 e. The zero-order valence-electron chi connectivity index (χ0n) is 12.0. The van der Waals surface area contributed by atoms with Gasteiger partial charge in [0, 0.05) is 23.6 Å². The molecule has 20 heavy (non-hydrogen) atoms. The quantitative estimate of drug-likeness (QED) is 0.876. The Morgan fingerprint density at radius 3 is 2.70 bits per heavy atom. The molecule has 0 aliphatic carbocycles. The van der Waals surface area contributed by atoms with Gasteiger partial charge >= 0.3 is 0 Å². The van der Waals surface area contributed by atoms with Gasteiger partial charge in [-0.25, -0.2) is 0 Å². The van der Waals surface area contributed by atoms with Crippen LogP contribution in [0.4, 0.5) is 0 Å². The average molecular weight is 291 g/mol. The molecule has 0 saturated heterocycles. The Morgan fingerprint density at radius 2 is 2.10 bits per heavy atom. The maximum absolute atomic E-state index is 11.8. The minimum Gasteiger partial charge on any atom is -0.491 e. The lowest BCUT2D eigenvalue weighted by Gasteiger charge is -2.10. The van der Waals surface area contributed by atoms with Crippen LogP contribution in [0.15, 0.2) is 35.9 Å². The first kappa shape index (κ1) is 15.0. The number of nitrogens with one attached hydrogen (secondary N) is 1. The fourth-order valence-corrected chi connectivity index (χ4v) is 2.89. The van der Waals surface area contributed by atoms with E-state index in [0.717, 1.165) is 29.2 Å². The van der Waals surface area contributed by atoms with E-state index in [4.69, 9.17) is 4.74 Å². The molecule has 108 valence electrons.